The first-order chi connectivity index (χ1) is 9.98. The van der Waals surface area contributed by atoms with Gasteiger partial charge in [-0.05, 0) is 42.6 Å². The summed E-state index contributed by atoms with van der Waals surface area (Å²) in [6.07, 6.45) is 5.69. The standard InChI is InChI=1S/C18H24N2O/c1-17(2)8-10-18(21,11-9-17)13-20-16-15-6-4-3-5-14(15)7-12-19-16/h3-7,12,21H,8-11,13H2,1-2H3,(H,19,20). The number of fused-ring (bicyclic) bond motifs is 1. The van der Waals surface area contributed by atoms with Crippen molar-refractivity contribution in [3.63, 3.8) is 0 Å². The third kappa shape index (κ3) is 3.18. The second-order valence-electron chi connectivity index (χ2n) is 7.12. The Morgan fingerprint density at radius 2 is 1.81 bits per heavy atom. The lowest BCUT2D eigenvalue weighted by Crippen LogP contribution is -2.42. The molecule has 1 aromatic heterocycles. The normalized spacial score (nSPS) is 20.3. The molecule has 0 bridgehead atoms. The Kier molecular flexibility index (Phi) is 3.62. The summed E-state index contributed by atoms with van der Waals surface area (Å²) in [5.74, 6) is 0.867. The highest BCUT2D eigenvalue weighted by atomic mass is 16.3. The average Bonchev–Trinajstić information content (AvgIpc) is 2.49. The van der Waals surface area contributed by atoms with Crippen LogP contribution in [0.15, 0.2) is 36.5 Å². The molecule has 1 saturated carbocycles. The molecule has 2 aromatic rings. The van der Waals surface area contributed by atoms with Crippen molar-refractivity contribution in [2.24, 2.45) is 5.41 Å². The van der Waals surface area contributed by atoms with Crippen LogP contribution in [0.4, 0.5) is 5.82 Å². The van der Waals surface area contributed by atoms with Gasteiger partial charge in [0.15, 0.2) is 0 Å². The molecule has 21 heavy (non-hydrogen) atoms. The molecule has 1 heterocycles. The Bertz CT molecular complexity index is 621. The lowest BCUT2D eigenvalue weighted by atomic mass is 9.71. The molecular weight excluding hydrogens is 260 g/mol. The van der Waals surface area contributed by atoms with Gasteiger partial charge in [0.05, 0.1) is 5.60 Å². The highest BCUT2D eigenvalue weighted by molar-refractivity contribution is 5.91. The predicted octanol–water partition coefficient (Wildman–Crippen LogP) is 3.98. The van der Waals surface area contributed by atoms with Crippen molar-refractivity contribution in [2.75, 3.05) is 11.9 Å². The van der Waals surface area contributed by atoms with Crippen molar-refractivity contribution in [3.8, 4) is 0 Å². The largest absolute Gasteiger partial charge is 0.388 e. The number of aliphatic hydroxyl groups is 1. The van der Waals surface area contributed by atoms with Crippen molar-refractivity contribution >= 4 is 16.6 Å². The maximum atomic E-state index is 10.7. The number of nitrogens with one attached hydrogen (secondary N) is 1. The van der Waals surface area contributed by atoms with Crippen LogP contribution in [-0.2, 0) is 0 Å². The SMILES string of the molecule is CC1(C)CCC(O)(CNc2nccc3ccccc23)CC1. The van der Waals surface area contributed by atoms with Crippen LogP contribution in [0, 0.1) is 5.41 Å². The molecule has 0 amide bonds. The smallest absolute Gasteiger partial charge is 0.133 e. The zero-order chi connectivity index (χ0) is 14.9. The zero-order valence-corrected chi connectivity index (χ0v) is 12.9. The van der Waals surface area contributed by atoms with Gasteiger partial charge in [0.25, 0.3) is 0 Å². The predicted molar refractivity (Wildman–Crippen MR) is 87.4 cm³/mol. The van der Waals surface area contributed by atoms with E-state index in [4.69, 9.17) is 0 Å². The molecule has 2 N–H and O–H groups in total. The van der Waals surface area contributed by atoms with Crippen molar-refractivity contribution in [2.45, 2.75) is 45.1 Å². The van der Waals surface area contributed by atoms with Gasteiger partial charge < -0.3 is 10.4 Å². The summed E-state index contributed by atoms with van der Waals surface area (Å²) in [4.78, 5) is 4.43. The quantitative estimate of drug-likeness (QED) is 0.896. The number of aromatic nitrogens is 1. The van der Waals surface area contributed by atoms with Crippen LogP contribution < -0.4 is 5.32 Å². The lowest BCUT2D eigenvalue weighted by molar-refractivity contribution is -0.0145. The molecule has 0 saturated heterocycles. The van der Waals surface area contributed by atoms with E-state index in [-0.39, 0.29) is 0 Å². The summed E-state index contributed by atoms with van der Waals surface area (Å²) >= 11 is 0. The second kappa shape index (κ2) is 5.30. The Morgan fingerprint density at radius 1 is 1.10 bits per heavy atom. The minimum atomic E-state index is -0.603. The lowest BCUT2D eigenvalue weighted by Gasteiger charge is -2.40. The fourth-order valence-electron chi connectivity index (χ4n) is 3.08. The summed E-state index contributed by atoms with van der Waals surface area (Å²) in [6.45, 7) is 5.14. The summed E-state index contributed by atoms with van der Waals surface area (Å²) in [6, 6.07) is 10.2. The van der Waals surface area contributed by atoms with Gasteiger partial charge in [-0.15, -0.1) is 0 Å². The van der Waals surface area contributed by atoms with E-state index in [1.54, 1.807) is 0 Å². The van der Waals surface area contributed by atoms with Gasteiger partial charge in [-0.2, -0.15) is 0 Å². The maximum absolute atomic E-state index is 10.7. The highest BCUT2D eigenvalue weighted by Crippen LogP contribution is 2.40. The van der Waals surface area contributed by atoms with E-state index in [0.717, 1.165) is 36.9 Å². The van der Waals surface area contributed by atoms with E-state index >= 15 is 0 Å². The van der Waals surface area contributed by atoms with Crippen LogP contribution >= 0.6 is 0 Å². The maximum Gasteiger partial charge on any atom is 0.133 e. The molecule has 3 nitrogen and oxygen atoms in total. The highest BCUT2D eigenvalue weighted by Gasteiger charge is 2.36. The summed E-state index contributed by atoms with van der Waals surface area (Å²) in [5, 5.41) is 16.4. The van der Waals surface area contributed by atoms with Crippen LogP contribution in [0.2, 0.25) is 0 Å². The third-order valence-electron chi connectivity index (χ3n) is 4.79. The Balaban J connectivity index is 1.72. The van der Waals surface area contributed by atoms with Crippen LogP contribution in [0.5, 0.6) is 0 Å². The van der Waals surface area contributed by atoms with Gasteiger partial charge in [-0.3, -0.25) is 0 Å². The molecule has 3 rings (SSSR count). The first-order valence-electron chi connectivity index (χ1n) is 7.78. The number of rotatable bonds is 3. The molecular formula is C18H24N2O. The molecule has 0 unspecified atom stereocenters. The minimum Gasteiger partial charge on any atom is -0.388 e. The number of hydrogen-bond donors (Lipinski definition) is 2. The molecule has 1 aliphatic rings. The van der Waals surface area contributed by atoms with Crippen molar-refractivity contribution in [1.29, 1.82) is 0 Å². The molecule has 1 aliphatic carbocycles. The van der Waals surface area contributed by atoms with Crippen LogP contribution in [0.25, 0.3) is 10.8 Å². The van der Waals surface area contributed by atoms with Gasteiger partial charge in [0.2, 0.25) is 0 Å². The monoisotopic (exact) mass is 284 g/mol. The van der Waals surface area contributed by atoms with Gasteiger partial charge in [0.1, 0.15) is 5.82 Å². The Labute approximate surface area is 126 Å². The number of pyridine rings is 1. The van der Waals surface area contributed by atoms with E-state index in [9.17, 15) is 5.11 Å². The van der Waals surface area contributed by atoms with Crippen LogP contribution in [-0.4, -0.2) is 22.2 Å². The number of anilines is 1. The van der Waals surface area contributed by atoms with E-state index < -0.39 is 5.60 Å². The Hall–Kier alpha value is -1.61. The fourth-order valence-corrected chi connectivity index (χ4v) is 3.08. The molecule has 112 valence electrons. The molecule has 0 radical (unpaired) electrons. The van der Waals surface area contributed by atoms with Gasteiger partial charge in [0, 0.05) is 18.1 Å². The number of nitrogens with zero attached hydrogens (tertiary/aromatic N) is 1. The van der Waals surface area contributed by atoms with Crippen molar-refractivity contribution in [1.82, 2.24) is 4.98 Å². The van der Waals surface area contributed by atoms with E-state index in [1.165, 1.54) is 5.39 Å². The first kappa shape index (κ1) is 14.3. The topological polar surface area (TPSA) is 45.1 Å². The van der Waals surface area contributed by atoms with Gasteiger partial charge >= 0.3 is 0 Å². The van der Waals surface area contributed by atoms with E-state index in [0.29, 0.717) is 12.0 Å². The van der Waals surface area contributed by atoms with Gasteiger partial charge in [-0.25, -0.2) is 4.98 Å². The molecule has 0 aliphatic heterocycles. The molecule has 0 spiro atoms. The minimum absolute atomic E-state index is 0.365. The second-order valence-corrected chi connectivity index (χ2v) is 7.12. The van der Waals surface area contributed by atoms with Gasteiger partial charge in [-0.1, -0.05) is 38.1 Å². The molecule has 3 heteroatoms. The van der Waals surface area contributed by atoms with Crippen molar-refractivity contribution < 1.29 is 5.11 Å². The molecule has 1 aromatic carbocycles. The fraction of sp³-hybridized carbons (Fsp3) is 0.500. The molecule has 1 fully saturated rings. The number of hydrogen-bond acceptors (Lipinski definition) is 3. The average molecular weight is 284 g/mol. The number of benzene rings is 1. The summed E-state index contributed by atoms with van der Waals surface area (Å²) < 4.78 is 0. The Morgan fingerprint density at radius 3 is 2.57 bits per heavy atom. The van der Waals surface area contributed by atoms with Crippen LogP contribution in [0.1, 0.15) is 39.5 Å². The summed E-state index contributed by atoms with van der Waals surface area (Å²) in [5.41, 5.74) is -0.238. The van der Waals surface area contributed by atoms with Crippen molar-refractivity contribution in [3.05, 3.63) is 36.5 Å². The van der Waals surface area contributed by atoms with Crippen LogP contribution in [0.3, 0.4) is 0 Å². The van der Waals surface area contributed by atoms with E-state index in [1.807, 2.05) is 24.4 Å². The van der Waals surface area contributed by atoms with E-state index in [2.05, 4.69) is 36.3 Å². The summed E-state index contributed by atoms with van der Waals surface area (Å²) in [7, 11) is 0. The first-order valence-corrected chi connectivity index (χ1v) is 7.78. The zero-order valence-electron chi connectivity index (χ0n) is 12.9. The third-order valence-corrected chi connectivity index (χ3v) is 4.79. The molecule has 0 atom stereocenters.